The minimum Gasteiger partial charge on any atom is -0.517 e. The summed E-state index contributed by atoms with van der Waals surface area (Å²) in [6.45, 7) is 15.9. The molecule has 0 radical (unpaired) electrons. The van der Waals surface area contributed by atoms with Crippen LogP contribution in [0.4, 0.5) is 0 Å². The van der Waals surface area contributed by atoms with Crippen LogP contribution in [0.25, 0.3) is 0 Å². The predicted molar refractivity (Wildman–Crippen MR) is 123 cm³/mol. The summed E-state index contributed by atoms with van der Waals surface area (Å²) in [4.78, 5) is 0. The van der Waals surface area contributed by atoms with Gasteiger partial charge in [-0.1, -0.05) is 96.7 Å². The van der Waals surface area contributed by atoms with Crippen molar-refractivity contribution < 1.29 is 18.9 Å². The van der Waals surface area contributed by atoms with Crippen molar-refractivity contribution >= 4 is 17.6 Å². The summed E-state index contributed by atoms with van der Waals surface area (Å²) >= 11 is 0. The first kappa shape index (κ1) is 24.9. The second kappa shape index (κ2) is 11.7. The summed E-state index contributed by atoms with van der Waals surface area (Å²) in [5, 5.41) is 0. The Labute approximate surface area is 186 Å². The SMILES string of the molecule is CCCCCCC=[C-]B(c1c(C)cc(C)cc1C)c1c(C)cc(C)cc1C.[Li+]. The van der Waals surface area contributed by atoms with E-state index in [1.54, 1.807) is 0 Å². The van der Waals surface area contributed by atoms with Crippen molar-refractivity contribution in [3.05, 3.63) is 69.7 Å². The normalized spacial score (nSPS) is 11.0. The molecule has 0 aliphatic heterocycles. The average molecular weight is 366 g/mol. The van der Waals surface area contributed by atoms with Gasteiger partial charge in [0.1, 0.15) is 0 Å². The third-order valence-corrected chi connectivity index (χ3v) is 5.54. The van der Waals surface area contributed by atoms with Crippen LogP contribution < -0.4 is 29.8 Å². The van der Waals surface area contributed by atoms with E-state index < -0.39 is 0 Å². The van der Waals surface area contributed by atoms with Crippen molar-refractivity contribution in [2.45, 2.75) is 80.6 Å². The van der Waals surface area contributed by atoms with Gasteiger partial charge in [-0.25, -0.2) is 0 Å². The van der Waals surface area contributed by atoms with Crippen LogP contribution in [0.15, 0.2) is 30.3 Å². The Morgan fingerprint density at radius 3 is 1.54 bits per heavy atom. The van der Waals surface area contributed by atoms with Crippen LogP contribution >= 0.6 is 0 Å². The molecule has 144 valence electrons. The fourth-order valence-electron chi connectivity index (χ4n) is 4.48. The average Bonchev–Trinajstić information content (AvgIpc) is 2.55. The van der Waals surface area contributed by atoms with Gasteiger partial charge in [0.05, 0.1) is 0 Å². The van der Waals surface area contributed by atoms with Crippen molar-refractivity contribution in [2.24, 2.45) is 0 Å². The number of allylic oxidation sites excluding steroid dienone is 1. The third-order valence-electron chi connectivity index (χ3n) is 5.54. The smallest absolute Gasteiger partial charge is 0.517 e. The molecule has 0 aliphatic rings. The molecule has 0 atom stereocenters. The zero-order valence-electron chi connectivity index (χ0n) is 19.5. The first-order valence-electron chi connectivity index (χ1n) is 10.6. The van der Waals surface area contributed by atoms with Crippen LogP contribution in [-0.4, -0.2) is 6.71 Å². The summed E-state index contributed by atoms with van der Waals surface area (Å²) in [6, 6.07) is 9.27. The molecule has 0 heterocycles. The summed E-state index contributed by atoms with van der Waals surface area (Å²) in [7, 11) is 0. The first-order chi connectivity index (χ1) is 12.8. The maximum absolute atomic E-state index is 3.81. The second-order valence-corrected chi connectivity index (χ2v) is 8.28. The van der Waals surface area contributed by atoms with Crippen LogP contribution in [0.5, 0.6) is 0 Å². The van der Waals surface area contributed by atoms with Crippen molar-refractivity contribution in [2.75, 3.05) is 0 Å². The number of hydrogen-bond donors (Lipinski definition) is 0. The Kier molecular flexibility index (Phi) is 10.4. The molecular formula is C26H36BLi. The molecule has 0 bridgehead atoms. The van der Waals surface area contributed by atoms with E-state index in [9.17, 15) is 0 Å². The van der Waals surface area contributed by atoms with E-state index in [0.29, 0.717) is 0 Å². The number of benzene rings is 2. The molecule has 2 aromatic carbocycles. The largest absolute Gasteiger partial charge is 1.00 e. The van der Waals surface area contributed by atoms with Crippen LogP contribution in [-0.2, 0) is 0 Å². The molecule has 0 unspecified atom stereocenters. The fourth-order valence-corrected chi connectivity index (χ4v) is 4.48. The molecule has 0 nitrogen and oxygen atoms in total. The standard InChI is InChI=1S/C26H36B.Li/c1-8-9-10-11-12-13-14-27(25-21(4)15-19(2)16-22(25)5)26-23(6)17-20(3)18-24(26)7;/h13,15-18H,8-12H2,1-7H3;/q-1;+1. The van der Waals surface area contributed by atoms with Crippen molar-refractivity contribution in [1.29, 1.82) is 0 Å². The number of unbranched alkanes of at least 4 members (excludes halogenated alkanes) is 4. The topological polar surface area (TPSA) is 0 Å². The molecule has 0 saturated heterocycles. The van der Waals surface area contributed by atoms with Gasteiger partial charge in [-0.15, -0.1) is 10.9 Å². The van der Waals surface area contributed by atoms with E-state index in [1.807, 2.05) is 0 Å². The van der Waals surface area contributed by atoms with Gasteiger partial charge in [0, 0.05) is 6.71 Å². The van der Waals surface area contributed by atoms with Crippen molar-refractivity contribution in [3.63, 3.8) is 0 Å². The number of aryl methyl sites for hydroxylation is 6. The Morgan fingerprint density at radius 2 is 1.14 bits per heavy atom. The van der Waals surface area contributed by atoms with E-state index >= 15 is 0 Å². The van der Waals surface area contributed by atoms with Crippen molar-refractivity contribution in [1.82, 2.24) is 0 Å². The summed E-state index contributed by atoms with van der Waals surface area (Å²) < 4.78 is 0. The van der Waals surface area contributed by atoms with Gasteiger partial charge in [0.25, 0.3) is 0 Å². The molecule has 0 aromatic heterocycles. The van der Waals surface area contributed by atoms with Gasteiger partial charge in [0.2, 0.25) is 0 Å². The molecule has 28 heavy (non-hydrogen) atoms. The maximum atomic E-state index is 3.81. The summed E-state index contributed by atoms with van der Waals surface area (Å²) in [5.74, 6) is 3.81. The Hall–Kier alpha value is -1.16. The minimum absolute atomic E-state index is 0. The molecule has 0 spiro atoms. The molecule has 0 N–H and O–H groups in total. The van der Waals surface area contributed by atoms with Gasteiger partial charge in [-0.2, -0.15) is 0 Å². The van der Waals surface area contributed by atoms with Gasteiger partial charge in [-0.05, 0) is 41.5 Å². The van der Waals surface area contributed by atoms with Gasteiger partial charge >= 0.3 is 18.9 Å². The summed E-state index contributed by atoms with van der Waals surface area (Å²) in [5.41, 5.74) is 11.1. The van der Waals surface area contributed by atoms with Crippen LogP contribution in [0.2, 0.25) is 0 Å². The minimum atomic E-state index is 0. The summed E-state index contributed by atoms with van der Waals surface area (Å²) in [6.07, 6.45) is 8.65. The van der Waals surface area contributed by atoms with Gasteiger partial charge < -0.3 is 5.98 Å². The van der Waals surface area contributed by atoms with Crippen LogP contribution in [0, 0.1) is 47.5 Å². The van der Waals surface area contributed by atoms with Crippen LogP contribution in [0.3, 0.4) is 0 Å². The zero-order chi connectivity index (χ0) is 20.0. The van der Waals surface area contributed by atoms with Gasteiger partial charge in [-0.3, -0.25) is 6.08 Å². The molecule has 2 heteroatoms. The molecular weight excluding hydrogens is 330 g/mol. The van der Waals surface area contributed by atoms with E-state index in [0.717, 1.165) is 6.42 Å². The van der Waals surface area contributed by atoms with E-state index in [-0.39, 0.29) is 25.6 Å². The molecule has 0 aliphatic carbocycles. The van der Waals surface area contributed by atoms with E-state index in [1.165, 1.54) is 70.0 Å². The first-order valence-corrected chi connectivity index (χ1v) is 10.6. The Balaban J connectivity index is 0.00000392. The molecule has 2 rings (SSSR count). The van der Waals surface area contributed by atoms with Crippen LogP contribution in [0.1, 0.15) is 72.4 Å². The third kappa shape index (κ3) is 6.44. The Morgan fingerprint density at radius 1 is 0.714 bits per heavy atom. The number of rotatable bonds is 8. The molecule has 0 saturated carbocycles. The van der Waals surface area contributed by atoms with Crippen molar-refractivity contribution in [3.8, 4) is 0 Å². The number of hydrogen-bond acceptors (Lipinski definition) is 0. The fraction of sp³-hybridized carbons (Fsp3) is 0.462. The monoisotopic (exact) mass is 366 g/mol. The maximum Gasteiger partial charge on any atom is 1.00 e. The Bertz CT molecular complexity index is 701. The quantitative estimate of drug-likeness (QED) is 0.383. The predicted octanol–water partition coefficient (Wildman–Crippen LogP) is 3.02. The zero-order valence-corrected chi connectivity index (χ0v) is 19.5. The van der Waals surface area contributed by atoms with Gasteiger partial charge in [0.15, 0.2) is 0 Å². The van der Waals surface area contributed by atoms with E-state index in [4.69, 9.17) is 0 Å². The molecule has 2 aromatic rings. The molecule has 0 amide bonds. The molecule has 0 fully saturated rings. The van der Waals surface area contributed by atoms with E-state index in [2.05, 4.69) is 84.8 Å². The second-order valence-electron chi connectivity index (χ2n) is 8.28.